The number of carbonyl (C=O) groups excluding carboxylic acids is 1. The van der Waals surface area contributed by atoms with Crippen LogP contribution in [0.2, 0.25) is 0 Å². The standard InChI is InChI=1S/C31H28N4O2/c36-30(24-10-11-24)34-16-14-20(18-34)19-35-29(33-27-4-2-1-3-26(27)31(35)37)23-8-5-21(6-9-23)25-12-7-22-13-15-32-28(22)17-25/h1-9,12-13,15,17,20,24,32H,10-11,14,16,18-19H2. The van der Waals surface area contributed by atoms with Gasteiger partial charge in [0.15, 0.2) is 0 Å². The molecule has 6 heteroatoms. The minimum Gasteiger partial charge on any atom is -0.361 e. The van der Waals surface area contributed by atoms with E-state index in [0.717, 1.165) is 48.0 Å². The van der Waals surface area contributed by atoms with Crippen molar-refractivity contribution in [2.45, 2.75) is 25.8 Å². The fourth-order valence-electron chi connectivity index (χ4n) is 5.63. The molecule has 37 heavy (non-hydrogen) atoms. The number of benzene rings is 3. The summed E-state index contributed by atoms with van der Waals surface area (Å²) in [6.07, 6.45) is 4.91. The molecule has 0 bridgehead atoms. The summed E-state index contributed by atoms with van der Waals surface area (Å²) in [7, 11) is 0. The molecule has 1 atom stereocenters. The molecule has 1 amide bonds. The molecule has 184 valence electrons. The fraction of sp³-hybridized carbons (Fsp3) is 0.258. The third kappa shape index (κ3) is 4.02. The number of rotatable bonds is 5. The van der Waals surface area contributed by atoms with Crippen LogP contribution in [0, 0.1) is 11.8 Å². The van der Waals surface area contributed by atoms with Crippen LogP contribution in [0.5, 0.6) is 0 Å². The van der Waals surface area contributed by atoms with Crippen LogP contribution in [0.4, 0.5) is 0 Å². The van der Waals surface area contributed by atoms with Crippen LogP contribution >= 0.6 is 0 Å². The van der Waals surface area contributed by atoms with E-state index in [0.29, 0.717) is 35.7 Å². The third-order valence-corrected chi connectivity index (χ3v) is 7.86. The van der Waals surface area contributed by atoms with E-state index in [1.54, 1.807) is 0 Å². The predicted octanol–water partition coefficient (Wildman–Crippen LogP) is 5.47. The summed E-state index contributed by atoms with van der Waals surface area (Å²) >= 11 is 0. The number of nitrogens with one attached hydrogen (secondary N) is 1. The number of nitrogens with zero attached hydrogens (tertiary/aromatic N) is 3. The van der Waals surface area contributed by atoms with Crippen molar-refractivity contribution in [1.82, 2.24) is 19.4 Å². The van der Waals surface area contributed by atoms with Crippen LogP contribution in [-0.4, -0.2) is 38.4 Å². The van der Waals surface area contributed by atoms with Gasteiger partial charge in [0.05, 0.1) is 10.9 Å². The molecular formula is C31H28N4O2. The Labute approximate surface area is 214 Å². The van der Waals surface area contributed by atoms with Gasteiger partial charge in [-0.2, -0.15) is 0 Å². The topological polar surface area (TPSA) is 71.0 Å². The molecule has 3 heterocycles. The Morgan fingerprint density at radius 1 is 0.919 bits per heavy atom. The maximum Gasteiger partial charge on any atom is 0.261 e. The average Bonchev–Trinajstić information content (AvgIpc) is 3.49. The van der Waals surface area contributed by atoms with Crippen molar-refractivity contribution >= 4 is 27.7 Å². The van der Waals surface area contributed by atoms with Crippen LogP contribution in [0.15, 0.2) is 83.8 Å². The van der Waals surface area contributed by atoms with Gasteiger partial charge < -0.3 is 9.88 Å². The van der Waals surface area contributed by atoms with E-state index in [2.05, 4.69) is 53.5 Å². The van der Waals surface area contributed by atoms with E-state index in [9.17, 15) is 9.59 Å². The zero-order valence-corrected chi connectivity index (χ0v) is 20.6. The van der Waals surface area contributed by atoms with Crippen LogP contribution in [0.25, 0.3) is 44.3 Å². The second-order valence-corrected chi connectivity index (χ2v) is 10.4. The molecule has 1 aliphatic heterocycles. The Morgan fingerprint density at radius 3 is 2.54 bits per heavy atom. The molecule has 6 nitrogen and oxygen atoms in total. The highest BCUT2D eigenvalue weighted by molar-refractivity contribution is 5.85. The van der Waals surface area contributed by atoms with E-state index in [1.807, 2.05) is 39.9 Å². The molecule has 1 unspecified atom stereocenters. The van der Waals surface area contributed by atoms with Gasteiger partial charge in [-0.3, -0.25) is 14.2 Å². The third-order valence-electron chi connectivity index (χ3n) is 7.86. The first-order valence-electron chi connectivity index (χ1n) is 13.1. The first-order chi connectivity index (χ1) is 18.1. The normalized spacial score (nSPS) is 17.6. The lowest BCUT2D eigenvalue weighted by Gasteiger charge is -2.19. The minimum atomic E-state index is -0.0196. The number of fused-ring (bicyclic) bond motifs is 2. The summed E-state index contributed by atoms with van der Waals surface area (Å²) in [6.45, 7) is 2.06. The van der Waals surface area contributed by atoms with E-state index in [1.165, 1.54) is 5.39 Å². The summed E-state index contributed by atoms with van der Waals surface area (Å²) in [5.41, 5.74) is 4.95. The van der Waals surface area contributed by atoms with Crippen LogP contribution in [-0.2, 0) is 11.3 Å². The SMILES string of the molecule is O=C(C1CC1)N1CCC(Cn2c(-c3ccc(-c4ccc5cc[nH]c5c4)cc3)nc3ccccc3c2=O)C1. The van der Waals surface area contributed by atoms with Crippen molar-refractivity contribution in [2.75, 3.05) is 13.1 Å². The number of H-pyrrole nitrogens is 1. The second kappa shape index (κ2) is 8.73. The molecule has 5 aromatic rings. The average molecular weight is 489 g/mol. The minimum absolute atomic E-state index is 0.0196. The summed E-state index contributed by atoms with van der Waals surface area (Å²) in [4.78, 5) is 36.5. The molecule has 2 aromatic heterocycles. The zero-order chi connectivity index (χ0) is 24.9. The van der Waals surface area contributed by atoms with Gasteiger partial charge in [0.2, 0.25) is 5.91 Å². The molecule has 1 saturated heterocycles. The van der Waals surface area contributed by atoms with E-state index in [4.69, 9.17) is 4.98 Å². The lowest BCUT2D eigenvalue weighted by atomic mass is 10.0. The molecule has 2 aliphatic rings. The Balaban J connectivity index is 1.24. The van der Waals surface area contributed by atoms with Gasteiger partial charge in [-0.15, -0.1) is 0 Å². The Kier molecular flexibility index (Phi) is 5.20. The maximum absolute atomic E-state index is 13.7. The van der Waals surface area contributed by atoms with E-state index in [-0.39, 0.29) is 17.4 Å². The van der Waals surface area contributed by atoms with Gasteiger partial charge in [0.25, 0.3) is 5.56 Å². The summed E-state index contributed by atoms with van der Waals surface area (Å²) in [5.74, 6) is 1.45. The van der Waals surface area contributed by atoms with Crippen LogP contribution < -0.4 is 5.56 Å². The van der Waals surface area contributed by atoms with Crippen LogP contribution in [0.3, 0.4) is 0 Å². The highest BCUT2D eigenvalue weighted by atomic mass is 16.2. The first-order valence-corrected chi connectivity index (χ1v) is 13.1. The number of likely N-dealkylation sites (tertiary alicyclic amines) is 1. The number of aromatic nitrogens is 3. The summed E-state index contributed by atoms with van der Waals surface area (Å²) in [6, 6.07) is 24.3. The van der Waals surface area contributed by atoms with E-state index >= 15 is 0 Å². The highest BCUT2D eigenvalue weighted by Crippen LogP contribution is 2.33. The fourth-order valence-corrected chi connectivity index (χ4v) is 5.63. The lowest BCUT2D eigenvalue weighted by Crippen LogP contribution is -2.32. The maximum atomic E-state index is 13.7. The molecule has 1 aliphatic carbocycles. The molecule has 1 N–H and O–H groups in total. The van der Waals surface area contributed by atoms with Crippen molar-refractivity contribution in [3.63, 3.8) is 0 Å². The predicted molar refractivity (Wildman–Crippen MR) is 146 cm³/mol. The van der Waals surface area contributed by atoms with Crippen molar-refractivity contribution in [2.24, 2.45) is 11.8 Å². The van der Waals surface area contributed by atoms with Crippen molar-refractivity contribution in [3.05, 3.63) is 89.3 Å². The number of hydrogen-bond donors (Lipinski definition) is 1. The number of para-hydroxylation sites is 1. The summed E-state index contributed by atoms with van der Waals surface area (Å²) < 4.78 is 1.83. The lowest BCUT2D eigenvalue weighted by molar-refractivity contribution is -0.131. The number of amides is 1. The quantitative estimate of drug-likeness (QED) is 0.357. The smallest absolute Gasteiger partial charge is 0.261 e. The van der Waals surface area contributed by atoms with Gasteiger partial charge in [-0.1, -0.05) is 48.5 Å². The van der Waals surface area contributed by atoms with Gasteiger partial charge >= 0.3 is 0 Å². The number of carbonyl (C=O) groups is 1. The highest BCUT2D eigenvalue weighted by Gasteiger charge is 2.36. The monoisotopic (exact) mass is 488 g/mol. The number of hydrogen-bond acceptors (Lipinski definition) is 3. The van der Waals surface area contributed by atoms with Gasteiger partial charge in [0.1, 0.15) is 5.82 Å². The molecule has 3 aromatic carbocycles. The Morgan fingerprint density at radius 2 is 1.70 bits per heavy atom. The molecular weight excluding hydrogens is 460 g/mol. The van der Waals surface area contributed by atoms with Gasteiger partial charge in [-0.05, 0) is 66.0 Å². The van der Waals surface area contributed by atoms with Crippen LogP contribution in [0.1, 0.15) is 19.3 Å². The largest absolute Gasteiger partial charge is 0.361 e. The molecule has 0 spiro atoms. The molecule has 2 fully saturated rings. The zero-order valence-electron chi connectivity index (χ0n) is 20.6. The molecule has 1 saturated carbocycles. The first kappa shape index (κ1) is 22.0. The molecule has 7 rings (SSSR count). The second-order valence-electron chi connectivity index (χ2n) is 10.4. The Hall–Kier alpha value is -4.19. The number of aromatic amines is 1. The van der Waals surface area contributed by atoms with E-state index < -0.39 is 0 Å². The van der Waals surface area contributed by atoms with Crippen molar-refractivity contribution in [1.29, 1.82) is 0 Å². The van der Waals surface area contributed by atoms with Gasteiger partial charge in [0, 0.05) is 42.8 Å². The van der Waals surface area contributed by atoms with Crippen molar-refractivity contribution < 1.29 is 4.79 Å². The summed E-state index contributed by atoms with van der Waals surface area (Å²) in [5, 5.41) is 1.82. The van der Waals surface area contributed by atoms with Gasteiger partial charge in [-0.25, -0.2) is 4.98 Å². The van der Waals surface area contributed by atoms with Crippen molar-refractivity contribution in [3.8, 4) is 22.5 Å². The molecule has 0 radical (unpaired) electrons. The Bertz CT molecular complexity index is 1690.